The summed E-state index contributed by atoms with van der Waals surface area (Å²) in [7, 11) is 0. The summed E-state index contributed by atoms with van der Waals surface area (Å²) >= 11 is 1.54. The van der Waals surface area contributed by atoms with Gasteiger partial charge in [-0.15, -0.1) is 10.2 Å². The van der Waals surface area contributed by atoms with Crippen LogP contribution in [-0.2, 0) is 6.61 Å². The molecule has 0 bridgehead atoms. The lowest BCUT2D eigenvalue weighted by molar-refractivity contribution is 0.224. The molecule has 0 unspecified atom stereocenters. The molecule has 4 aromatic rings. The fourth-order valence-electron chi connectivity index (χ4n) is 3.50. The minimum atomic E-state index is -0.450. The van der Waals surface area contributed by atoms with Crippen molar-refractivity contribution in [3.63, 3.8) is 0 Å². The van der Waals surface area contributed by atoms with Crippen LogP contribution in [0.15, 0.2) is 84.0 Å². The first kappa shape index (κ1) is 20.3. The molecule has 0 fully saturated rings. The fourth-order valence-corrected chi connectivity index (χ4v) is 4.00. The summed E-state index contributed by atoms with van der Waals surface area (Å²) in [6, 6.07) is 26.0. The topological polar surface area (TPSA) is 69.2 Å². The summed E-state index contributed by atoms with van der Waals surface area (Å²) in [4.78, 5) is 4.63. The summed E-state index contributed by atoms with van der Waals surface area (Å²) in [5.41, 5.74) is 4.51. The summed E-state index contributed by atoms with van der Waals surface area (Å²) in [6.07, 6.45) is -0.450. The van der Waals surface area contributed by atoms with Crippen LogP contribution in [0.3, 0.4) is 0 Å². The highest BCUT2D eigenvalue weighted by Gasteiger charge is 2.26. The molecule has 2 heterocycles. The molecule has 3 aromatic carbocycles. The molecule has 7 heteroatoms. The average Bonchev–Trinajstić information content (AvgIpc) is 3.00. The Hall–Kier alpha value is -3.58. The van der Waals surface area contributed by atoms with Crippen molar-refractivity contribution < 1.29 is 9.47 Å². The van der Waals surface area contributed by atoms with Crippen LogP contribution in [-0.4, -0.2) is 20.9 Å². The van der Waals surface area contributed by atoms with Crippen LogP contribution in [0.4, 0.5) is 5.69 Å². The van der Waals surface area contributed by atoms with Crippen LogP contribution in [0.2, 0.25) is 0 Å². The van der Waals surface area contributed by atoms with Crippen molar-refractivity contribution in [1.82, 2.24) is 15.2 Å². The molecule has 1 aliphatic rings. The highest BCUT2D eigenvalue weighted by Crippen LogP contribution is 2.39. The van der Waals surface area contributed by atoms with Crippen molar-refractivity contribution in [2.24, 2.45) is 0 Å². The molecule has 0 radical (unpaired) electrons. The van der Waals surface area contributed by atoms with E-state index in [1.54, 1.807) is 0 Å². The second kappa shape index (κ2) is 9.28. The van der Waals surface area contributed by atoms with Crippen LogP contribution >= 0.6 is 11.8 Å². The predicted octanol–water partition coefficient (Wildman–Crippen LogP) is 5.73. The van der Waals surface area contributed by atoms with Gasteiger partial charge in [-0.05, 0) is 29.5 Å². The van der Waals surface area contributed by atoms with Gasteiger partial charge in [-0.25, -0.2) is 0 Å². The first-order valence-electron chi connectivity index (χ1n) is 10.5. The van der Waals surface area contributed by atoms with E-state index >= 15 is 0 Å². The molecule has 160 valence electrons. The van der Waals surface area contributed by atoms with E-state index in [-0.39, 0.29) is 0 Å². The number of thioether (sulfide) groups is 1. The zero-order chi connectivity index (χ0) is 21.8. The SMILES string of the molecule is CCSc1nnc2c(n1)O[C@@H](c1cccc(OCc3ccccc3)c1)Nc1ccccc1-2. The maximum Gasteiger partial charge on any atom is 0.247 e. The Morgan fingerprint density at radius 2 is 1.81 bits per heavy atom. The summed E-state index contributed by atoms with van der Waals surface area (Å²) < 4.78 is 12.4. The van der Waals surface area contributed by atoms with Gasteiger partial charge in [0.25, 0.3) is 0 Å². The van der Waals surface area contributed by atoms with Gasteiger partial charge in [-0.2, -0.15) is 4.98 Å². The van der Waals surface area contributed by atoms with Gasteiger partial charge in [-0.1, -0.05) is 79.3 Å². The monoisotopic (exact) mass is 442 g/mol. The standard InChI is InChI=1S/C25H22N4O2S/c1-2-32-25-27-24-22(28-29-25)20-13-6-7-14-21(20)26-23(31-24)18-11-8-12-19(15-18)30-16-17-9-4-3-5-10-17/h3-15,23,26H,2,16H2,1H3/t23-/m0/s1. The van der Waals surface area contributed by atoms with Crippen molar-refractivity contribution >= 4 is 17.4 Å². The number of rotatable bonds is 6. The van der Waals surface area contributed by atoms with Gasteiger partial charge < -0.3 is 14.8 Å². The van der Waals surface area contributed by atoms with Gasteiger partial charge >= 0.3 is 0 Å². The second-order valence-corrected chi connectivity index (χ2v) is 8.45. The molecule has 1 aliphatic heterocycles. The molecule has 0 spiro atoms. The molecule has 0 saturated carbocycles. The van der Waals surface area contributed by atoms with Gasteiger partial charge in [0, 0.05) is 16.8 Å². The number of fused-ring (bicyclic) bond motifs is 3. The number of nitrogens with one attached hydrogen (secondary N) is 1. The number of hydrogen-bond acceptors (Lipinski definition) is 7. The molecule has 1 atom stereocenters. The molecule has 5 rings (SSSR count). The first-order chi connectivity index (χ1) is 15.8. The van der Waals surface area contributed by atoms with Crippen LogP contribution in [0.25, 0.3) is 11.3 Å². The van der Waals surface area contributed by atoms with E-state index < -0.39 is 6.23 Å². The maximum absolute atomic E-state index is 6.34. The lowest BCUT2D eigenvalue weighted by atomic mass is 10.1. The number of ether oxygens (including phenoxy) is 2. The zero-order valence-corrected chi connectivity index (χ0v) is 18.4. The van der Waals surface area contributed by atoms with Crippen LogP contribution in [0.5, 0.6) is 11.6 Å². The summed E-state index contributed by atoms with van der Waals surface area (Å²) in [5, 5.41) is 12.8. The molecule has 1 aromatic heterocycles. The highest BCUT2D eigenvalue weighted by atomic mass is 32.2. The molecular formula is C25H22N4O2S. The Kier molecular flexibility index (Phi) is 5.89. The minimum absolute atomic E-state index is 0.450. The summed E-state index contributed by atoms with van der Waals surface area (Å²) in [5.74, 6) is 2.10. The lowest BCUT2D eigenvalue weighted by Crippen LogP contribution is -2.17. The minimum Gasteiger partial charge on any atom is -0.489 e. The number of aromatic nitrogens is 3. The van der Waals surface area contributed by atoms with E-state index in [9.17, 15) is 0 Å². The Morgan fingerprint density at radius 3 is 2.69 bits per heavy atom. The van der Waals surface area contributed by atoms with Crippen molar-refractivity contribution in [3.05, 3.63) is 90.0 Å². The van der Waals surface area contributed by atoms with Gasteiger partial charge in [0.2, 0.25) is 11.0 Å². The molecule has 6 nitrogen and oxygen atoms in total. The van der Waals surface area contributed by atoms with Crippen LogP contribution < -0.4 is 14.8 Å². The van der Waals surface area contributed by atoms with Crippen molar-refractivity contribution in [2.75, 3.05) is 11.1 Å². The van der Waals surface area contributed by atoms with Gasteiger partial charge in [0.1, 0.15) is 12.4 Å². The largest absolute Gasteiger partial charge is 0.489 e. The van der Waals surface area contributed by atoms with E-state index in [0.717, 1.165) is 33.9 Å². The third-order valence-electron chi connectivity index (χ3n) is 5.02. The molecular weight excluding hydrogens is 420 g/mol. The van der Waals surface area contributed by atoms with Crippen molar-refractivity contribution in [3.8, 4) is 22.9 Å². The number of para-hydroxylation sites is 1. The van der Waals surface area contributed by atoms with Crippen molar-refractivity contribution in [2.45, 2.75) is 24.9 Å². The van der Waals surface area contributed by atoms with Crippen LogP contribution in [0, 0.1) is 0 Å². The predicted molar refractivity (Wildman–Crippen MR) is 126 cm³/mol. The number of nitrogens with zero attached hydrogens (tertiary/aromatic N) is 3. The normalized spacial score (nSPS) is 14.3. The van der Waals surface area contributed by atoms with Gasteiger partial charge in [0.15, 0.2) is 11.9 Å². The van der Waals surface area contributed by atoms with E-state index in [2.05, 4.69) is 27.4 Å². The quantitative estimate of drug-likeness (QED) is 0.382. The third-order valence-corrected chi connectivity index (χ3v) is 5.74. The smallest absolute Gasteiger partial charge is 0.247 e. The van der Waals surface area contributed by atoms with Crippen LogP contribution in [0.1, 0.15) is 24.3 Å². The lowest BCUT2D eigenvalue weighted by Gasteiger charge is -2.20. The molecule has 0 amide bonds. The molecule has 0 aliphatic carbocycles. The molecule has 1 N–H and O–H groups in total. The summed E-state index contributed by atoms with van der Waals surface area (Å²) in [6.45, 7) is 2.56. The zero-order valence-electron chi connectivity index (χ0n) is 17.6. The number of benzene rings is 3. The van der Waals surface area contributed by atoms with E-state index in [1.165, 1.54) is 11.8 Å². The second-order valence-electron chi connectivity index (χ2n) is 7.22. The number of anilines is 1. The van der Waals surface area contributed by atoms with E-state index in [0.29, 0.717) is 23.3 Å². The Labute approximate surface area is 191 Å². The average molecular weight is 443 g/mol. The first-order valence-corrected chi connectivity index (χ1v) is 11.5. The Bertz CT molecular complexity index is 1220. The molecule has 32 heavy (non-hydrogen) atoms. The fraction of sp³-hybridized carbons (Fsp3) is 0.160. The van der Waals surface area contributed by atoms with Crippen molar-refractivity contribution in [1.29, 1.82) is 0 Å². The van der Waals surface area contributed by atoms with Gasteiger partial charge in [0.05, 0.1) is 0 Å². The number of hydrogen-bond donors (Lipinski definition) is 1. The third kappa shape index (κ3) is 4.38. The van der Waals surface area contributed by atoms with Gasteiger partial charge in [-0.3, -0.25) is 0 Å². The van der Waals surface area contributed by atoms with E-state index in [4.69, 9.17) is 9.47 Å². The molecule has 0 saturated heterocycles. The Balaban J connectivity index is 1.46. The maximum atomic E-state index is 6.34. The van der Waals surface area contributed by atoms with E-state index in [1.807, 2.05) is 78.9 Å². The highest BCUT2D eigenvalue weighted by molar-refractivity contribution is 7.99. The Morgan fingerprint density at radius 1 is 0.969 bits per heavy atom.